The Bertz CT molecular complexity index is 973. The highest BCUT2D eigenvalue weighted by atomic mass is 35.5. The summed E-state index contributed by atoms with van der Waals surface area (Å²) in [6, 6.07) is 7.83. The van der Waals surface area contributed by atoms with Gasteiger partial charge in [0.15, 0.2) is 0 Å². The van der Waals surface area contributed by atoms with Crippen LogP contribution in [0.25, 0.3) is 0 Å². The molecular formula is C23H29ClN6O2. The van der Waals surface area contributed by atoms with Gasteiger partial charge < -0.3 is 20.4 Å². The van der Waals surface area contributed by atoms with Gasteiger partial charge in [0.25, 0.3) is 0 Å². The van der Waals surface area contributed by atoms with Gasteiger partial charge in [-0.3, -0.25) is 9.59 Å². The third kappa shape index (κ3) is 5.02. The molecule has 2 amide bonds. The van der Waals surface area contributed by atoms with Crippen LogP contribution >= 0.6 is 11.6 Å². The Kier molecular flexibility index (Phi) is 6.91. The number of carbonyl (C=O) groups is 2. The highest BCUT2D eigenvalue weighted by molar-refractivity contribution is 6.30. The summed E-state index contributed by atoms with van der Waals surface area (Å²) in [5, 5.41) is 6.90. The van der Waals surface area contributed by atoms with Gasteiger partial charge in [0.05, 0.1) is 5.92 Å². The number of halogens is 1. The molecule has 1 aromatic heterocycles. The Morgan fingerprint density at radius 3 is 2.53 bits per heavy atom. The van der Waals surface area contributed by atoms with Crippen molar-refractivity contribution in [3.05, 3.63) is 46.7 Å². The molecule has 0 bridgehead atoms. The molecular weight excluding hydrogens is 428 g/mol. The van der Waals surface area contributed by atoms with Crippen LogP contribution in [-0.4, -0.2) is 65.4 Å². The first-order valence-electron chi connectivity index (χ1n) is 11.1. The van der Waals surface area contributed by atoms with Gasteiger partial charge in [-0.05, 0) is 24.1 Å². The van der Waals surface area contributed by atoms with Crippen molar-refractivity contribution in [2.75, 3.05) is 42.9 Å². The predicted octanol–water partition coefficient (Wildman–Crippen LogP) is 2.45. The summed E-state index contributed by atoms with van der Waals surface area (Å²) in [4.78, 5) is 38.0. The van der Waals surface area contributed by atoms with E-state index in [-0.39, 0.29) is 17.7 Å². The lowest BCUT2D eigenvalue weighted by Gasteiger charge is -2.38. The number of carbonyl (C=O) groups excluding carboxylic acids is 2. The summed E-state index contributed by atoms with van der Waals surface area (Å²) < 4.78 is 0. The predicted molar refractivity (Wildman–Crippen MR) is 125 cm³/mol. The molecule has 2 aromatic rings. The molecule has 1 unspecified atom stereocenters. The number of anilines is 2. The number of nitrogens with zero attached hydrogens (tertiary/aromatic N) is 4. The molecule has 0 spiro atoms. The first kappa shape index (κ1) is 22.5. The van der Waals surface area contributed by atoms with Gasteiger partial charge in [-0.2, -0.15) is 0 Å². The van der Waals surface area contributed by atoms with Gasteiger partial charge in [-0.15, -0.1) is 0 Å². The molecule has 0 aliphatic carbocycles. The highest BCUT2D eigenvalue weighted by Gasteiger charge is 2.30. The Balaban J connectivity index is 1.45. The van der Waals surface area contributed by atoms with Gasteiger partial charge in [-0.1, -0.05) is 37.6 Å². The van der Waals surface area contributed by atoms with Crippen molar-refractivity contribution in [2.45, 2.75) is 38.6 Å². The van der Waals surface area contributed by atoms with Crippen molar-refractivity contribution in [1.29, 1.82) is 0 Å². The topological polar surface area (TPSA) is 90.5 Å². The molecule has 0 radical (unpaired) electrons. The molecule has 1 aromatic carbocycles. The number of benzene rings is 1. The Morgan fingerprint density at radius 2 is 1.84 bits per heavy atom. The maximum atomic E-state index is 13.5. The van der Waals surface area contributed by atoms with E-state index in [2.05, 4.69) is 39.3 Å². The number of rotatable bonds is 6. The molecule has 170 valence electrons. The number of fused-ring (bicyclic) bond motifs is 1. The minimum Gasteiger partial charge on any atom is -0.353 e. The number of nitrogens with one attached hydrogen (secondary N) is 2. The molecule has 1 saturated heterocycles. The van der Waals surface area contributed by atoms with E-state index in [4.69, 9.17) is 11.6 Å². The second kappa shape index (κ2) is 9.83. The summed E-state index contributed by atoms with van der Waals surface area (Å²) in [6.07, 6.45) is 2.57. The van der Waals surface area contributed by atoms with Gasteiger partial charge in [0, 0.05) is 55.8 Å². The smallest absolute Gasteiger partial charge is 0.231 e. The van der Waals surface area contributed by atoms with Crippen molar-refractivity contribution in [3.8, 4) is 0 Å². The van der Waals surface area contributed by atoms with Gasteiger partial charge in [-0.25, -0.2) is 9.97 Å². The molecule has 8 nitrogen and oxygen atoms in total. The van der Waals surface area contributed by atoms with E-state index in [0.29, 0.717) is 62.4 Å². The Labute approximate surface area is 193 Å². The fourth-order valence-corrected chi connectivity index (χ4v) is 4.33. The number of piperazine rings is 1. The van der Waals surface area contributed by atoms with Crippen LogP contribution in [0.5, 0.6) is 0 Å². The summed E-state index contributed by atoms with van der Waals surface area (Å²) in [5.41, 5.74) is 1.95. The third-order valence-electron chi connectivity index (χ3n) is 5.97. The SMILES string of the molecule is CC(C)NCC(C(=O)N1CCN(c2ncnc3c2CCC(=O)N3)CC1)c1ccc(Cl)cc1. The molecule has 1 fully saturated rings. The van der Waals surface area contributed by atoms with Crippen LogP contribution < -0.4 is 15.5 Å². The van der Waals surface area contributed by atoms with E-state index in [1.54, 1.807) is 0 Å². The number of hydrogen-bond donors (Lipinski definition) is 2. The number of hydrogen-bond acceptors (Lipinski definition) is 6. The molecule has 3 heterocycles. The highest BCUT2D eigenvalue weighted by Crippen LogP contribution is 2.29. The summed E-state index contributed by atoms with van der Waals surface area (Å²) >= 11 is 6.05. The molecule has 2 N–H and O–H groups in total. The lowest BCUT2D eigenvalue weighted by Crippen LogP contribution is -2.51. The lowest BCUT2D eigenvalue weighted by atomic mass is 9.96. The normalized spacial score (nSPS) is 17.2. The minimum atomic E-state index is -0.261. The summed E-state index contributed by atoms with van der Waals surface area (Å²) in [7, 11) is 0. The minimum absolute atomic E-state index is 0.0131. The summed E-state index contributed by atoms with van der Waals surface area (Å²) in [5.74, 6) is 1.31. The second-order valence-electron chi connectivity index (χ2n) is 8.55. The maximum Gasteiger partial charge on any atom is 0.231 e. The molecule has 1 atom stereocenters. The van der Waals surface area contributed by atoms with E-state index in [1.807, 2.05) is 29.2 Å². The van der Waals surface area contributed by atoms with Crippen LogP contribution in [0.2, 0.25) is 5.02 Å². The van der Waals surface area contributed by atoms with Crippen LogP contribution in [0.1, 0.15) is 37.3 Å². The molecule has 4 rings (SSSR count). The maximum absolute atomic E-state index is 13.5. The number of amides is 2. The molecule has 0 saturated carbocycles. The fourth-order valence-electron chi connectivity index (χ4n) is 4.20. The third-order valence-corrected chi connectivity index (χ3v) is 6.23. The average Bonchev–Trinajstić information content (AvgIpc) is 2.79. The summed E-state index contributed by atoms with van der Waals surface area (Å²) in [6.45, 7) is 7.35. The van der Waals surface area contributed by atoms with E-state index in [1.165, 1.54) is 6.33 Å². The van der Waals surface area contributed by atoms with E-state index in [0.717, 1.165) is 16.9 Å². The van der Waals surface area contributed by atoms with Crippen LogP contribution in [0.4, 0.5) is 11.6 Å². The quantitative estimate of drug-likeness (QED) is 0.693. The van der Waals surface area contributed by atoms with Crippen molar-refractivity contribution >= 4 is 35.1 Å². The monoisotopic (exact) mass is 456 g/mol. The lowest BCUT2D eigenvalue weighted by molar-refractivity contribution is -0.133. The van der Waals surface area contributed by atoms with E-state index >= 15 is 0 Å². The fraction of sp³-hybridized carbons (Fsp3) is 0.478. The average molecular weight is 457 g/mol. The molecule has 32 heavy (non-hydrogen) atoms. The van der Waals surface area contributed by atoms with Crippen LogP contribution in [-0.2, 0) is 16.0 Å². The molecule has 2 aliphatic rings. The van der Waals surface area contributed by atoms with Gasteiger partial charge >= 0.3 is 0 Å². The zero-order valence-electron chi connectivity index (χ0n) is 18.5. The second-order valence-corrected chi connectivity index (χ2v) is 8.99. The Morgan fingerprint density at radius 1 is 1.12 bits per heavy atom. The van der Waals surface area contributed by atoms with Crippen molar-refractivity contribution < 1.29 is 9.59 Å². The first-order valence-corrected chi connectivity index (χ1v) is 11.5. The molecule has 2 aliphatic heterocycles. The zero-order valence-corrected chi connectivity index (χ0v) is 19.2. The van der Waals surface area contributed by atoms with Gasteiger partial charge in [0.1, 0.15) is 18.0 Å². The van der Waals surface area contributed by atoms with Crippen LogP contribution in [0.3, 0.4) is 0 Å². The number of aromatic nitrogens is 2. The van der Waals surface area contributed by atoms with E-state index < -0.39 is 0 Å². The van der Waals surface area contributed by atoms with Crippen molar-refractivity contribution in [2.24, 2.45) is 0 Å². The largest absolute Gasteiger partial charge is 0.353 e. The van der Waals surface area contributed by atoms with Crippen LogP contribution in [0.15, 0.2) is 30.6 Å². The van der Waals surface area contributed by atoms with Gasteiger partial charge in [0.2, 0.25) is 11.8 Å². The van der Waals surface area contributed by atoms with Crippen LogP contribution in [0, 0.1) is 0 Å². The first-order chi connectivity index (χ1) is 15.4. The zero-order chi connectivity index (χ0) is 22.7. The van der Waals surface area contributed by atoms with Crippen molar-refractivity contribution in [3.63, 3.8) is 0 Å². The van der Waals surface area contributed by atoms with Crippen molar-refractivity contribution in [1.82, 2.24) is 20.2 Å². The standard InChI is InChI=1S/C23H29ClN6O2/c1-15(2)25-13-19(16-3-5-17(24)6-4-16)23(32)30-11-9-29(10-12-30)22-18-7-8-20(31)28-21(18)26-14-27-22/h3-6,14-15,19,25H,7-13H2,1-2H3,(H,26,27,28,31). The Hall–Kier alpha value is -2.71. The molecule has 9 heteroatoms. The van der Waals surface area contributed by atoms with E-state index in [9.17, 15) is 9.59 Å².